The van der Waals surface area contributed by atoms with Gasteiger partial charge in [0.15, 0.2) is 0 Å². The van der Waals surface area contributed by atoms with Crippen LogP contribution in [0.25, 0.3) is 0 Å². The van der Waals surface area contributed by atoms with Crippen LogP contribution in [0, 0.1) is 5.82 Å². The summed E-state index contributed by atoms with van der Waals surface area (Å²) in [4.78, 5) is 11.7. The molecule has 0 spiro atoms. The van der Waals surface area contributed by atoms with Crippen molar-refractivity contribution in [2.75, 3.05) is 0 Å². The highest BCUT2D eigenvalue weighted by Crippen LogP contribution is 2.06. The van der Waals surface area contributed by atoms with E-state index in [0.717, 1.165) is 0 Å². The van der Waals surface area contributed by atoms with Gasteiger partial charge in [-0.3, -0.25) is 4.79 Å². The van der Waals surface area contributed by atoms with Crippen LogP contribution < -0.4 is 21.9 Å². The summed E-state index contributed by atoms with van der Waals surface area (Å²) in [6.45, 7) is 0.179. The summed E-state index contributed by atoms with van der Waals surface area (Å²) < 4.78 is 13.3. The van der Waals surface area contributed by atoms with Crippen molar-refractivity contribution in [1.82, 2.24) is 16.2 Å². The van der Waals surface area contributed by atoms with Crippen LogP contribution in [0.5, 0.6) is 0 Å². The Kier molecular flexibility index (Phi) is 3.68. The van der Waals surface area contributed by atoms with Crippen LogP contribution in [0.4, 0.5) is 4.39 Å². The van der Waals surface area contributed by atoms with Gasteiger partial charge in [0.1, 0.15) is 11.9 Å². The molecule has 1 aromatic rings. The number of carbonyl (C=O) groups is 1. The molecule has 1 aliphatic rings. The zero-order valence-electron chi connectivity index (χ0n) is 9.24. The lowest BCUT2D eigenvalue weighted by Crippen LogP contribution is -2.43. The Bertz CT molecular complexity index is 412. The van der Waals surface area contributed by atoms with Crippen molar-refractivity contribution in [3.8, 4) is 0 Å². The third-order valence-corrected chi connectivity index (χ3v) is 2.66. The topological polar surface area (TPSA) is 79.2 Å². The highest BCUT2D eigenvalue weighted by Gasteiger charge is 2.26. The number of nitrogens with one attached hydrogen (secondary N) is 3. The number of benzene rings is 1. The highest BCUT2D eigenvalue weighted by atomic mass is 19.1. The van der Waals surface area contributed by atoms with Gasteiger partial charge in [0.2, 0.25) is 5.91 Å². The molecule has 1 fully saturated rings. The van der Waals surface area contributed by atoms with Crippen molar-refractivity contribution in [3.63, 3.8) is 0 Å². The molecular weight excluding hydrogens is 223 g/mol. The summed E-state index contributed by atoms with van der Waals surface area (Å²) in [7, 11) is 0. The number of halogens is 1. The molecule has 0 aromatic heterocycles. The van der Waals surface area contributed by atoms with Crippen LogP contribution in [0.15, 0.2) is 24.3 Å². The van der Waals surface area contributed by atoms with E-state index in [4.69, 9.17) is 5.73 Å². The first-order chi connectivity index (χ1) is 8.16. The maximum atomic E-state index is 13.3. The molecule has 1 aliphatic heterocycles. The first-order valence-corrected chi connectivity index (χ1v) is 5.44. The first-order valence-electron chi connectivity index (χ1n) is 5.44. The Labute approximate surface area is 98.5 Å². The van der Waals surface area contributed by atoms with Crippen LogP contribution in [0.2, 0.25) is 0 Å². The van der Waals surface area contributed by atoms with Gasteiger partial charge in [0, 0.05) is 18.5 Å². The monoisotopic (exact) mass is 238 g/mol. The average Bonchev–Trinajstić information content (AvgIpc) is 2.74. The van der Waals surface area contributed by atoms with E-state index >= 15 is 0 Å². The van der Waals surface area contributed by atoms with Crippen molar-refractivity contribution in [2.24, 2.45) is 5.73 Å². The van der Waals surface area contributed by atoms with E-state index < -0.39 is 0 Å². The fourth-order valence-electron chi connectivity index (χ4n) is 1.70. The quantitative estimate of drug-likeness (QED) is 0.577. The molecule has 0 radical (unpaired) electrons. The average molecular weight is 238 g/mol. The fraction of sp³-hybridized carbons (Fsp3) is 0.364. The van der Waals surface area contributed by atoms with Gasteiger partial charge in [0.05, 0.1) is 6.17 Å². The van der Waals surface area contributed by atoms with Gasteiger partial charge in [-0.2, -0.15) is 0 Å². The van der Waals surface area contributed by atoms with Crippen LogP contribution in [-0.4, -0.2) is 18.1 Å². The van der Waals surface area contributed by atoms with Gasteiger partial charge in [0.25, 0.3) is 0 Å². The van der Waals surface area contributed by atoms with E-state index in [-0.39, 0.29) is 30.5 Å². The lowest BCUT2D eigenvalue weighted by molar-refractivity contribution is -0.123. The van der Waals surface area contributed by atoms with E-state index in [1.165, 1.54) is 6.07 Å². The maximum Gasteiger partial charge on any atom is 0.238 e. The van der Waals surface area contributed by atoms with Crippen molar-refractivity contribution < 1.29 is 9.18 Å². The molecule has 1 heterocycles. The summed E-state index contributed by atoms with van der Waals surface area (Å²) in [6, 6.07) is 5.99. The molecule has 2 unspecified atom stereocenters. The second-order valence-electron chi connectivity index (χ2n) is 3.99. The lowest BCUT2D eigenvalue weighted by Gasteiger charge is -2.10. The van der Waals surface area contributed by atoms with E-state index in [1.807, 2.05) is 0 Å². The number of carbonyl (C=O) groups excluding carboxylic acids is 1. The third kappa shape index (κ3) is 3.00. The molecule has 5 N–H and O–H groups in total. The minimum Gasteiger partial charge on any atom is -0.351 e. The summed E-state index contributed by atoms with van der Waals surface area (Å²) in [5, 5.41) is 2.67. The number of hydrazine groups is 1. The van der Waals surface area contributed by atoms with Gasteiger partial charge < -0.3 is 11.1 Å². The lowest BCUT2D eigenvalue weighted by atomic mass is 10.2. The van der Waals surface area contributed by atoms with E-state index in [1.54, 1.807) is 18.2 Å². The zero-order chi connectivity index (χ0) is 12.3. The highest BCUT2D eigenvalue weighted by molar-refractivity contribution is 5.81. The normalized spacial score (nSPS) is 23.6. The van der Waals surface area contributed by atoms with Crippen LogP contribution >= 0.6 is 0 Å². The molecule has 2 atom stereocenters. The largest absolute Gasteiger partial charge is 0.351 e. The molecule has 1 amide bonds. The predicted octanol–water partition coefficient (Wildman–Crippen LogP) is -0.407. The van der Waals surface area contributed by atoms with Gasteiger partial charge in [-0.15, -0.1) is 0 Å². The number of rotatable bonds is 3. The Morgan fingerprint density at radius 2 is 2.24 bits per heavy atom. The summed E-state index contributed by atoms with van der Waals surface area (Å²) in [5.74, 6) is -0.504. The van der Waals surface area contributed by atoms with Crippen molar-refractivity contribution in [1.29, 1.82) is 0 Å². The Morgan fingerprint density at radius 3 is 2.88 bits per heavy atom. The standard InChI is InChI=1S/C11H15FN4O/c12-8-4-2-1-3-7(8)6-14-11(17)9-5-10(13)16-15-9/h1-4,9-10,15-16H,5-6,13H2,(H,14,17). The number of amides is 1. The molecule has 6 heteroatoms. The summed E-state index contributed by atoms with van der Waals surface area (Å²) >= 11 is 0. The molecule has 1 saturated heterocycles. The van der Waals surface area contributed by atoms with Crippen LogP contribution in [-0.2, 0) is 11.3 Å². The van der Waals surface area contributed by atoms with E-state index in [9.17, 15) is 9.18 Å². The molecule has 92 valence electrons. The van der Waals surface area contributed by atoms with E-state index in [2.05, 4.69) is 16.2 Å². The van der Waals surface area contributed by atoms with Crippen molar-refractivity contribution in [3.05, 3.63) is 35.6 Å². The predicted molar refractivity (Wildman–Crippen MR) is 60.9 cm³/mol. The summed E-state index contributed by atoms with van der Waals surface area (Å²) in [5.41, 5.74) is 11.6. The third-order valence-electron chi connectivity index (χ3n) is 2.66. The van der Waals surface area contributed by atoms with Gasteiger partial charge in [-0.1, -0.05) is 18.2 Å². The molecule has 1 aromatic carbocycles. The molecular formula is C11H15FN4O. The second-order valence-corrected chi connectivity index (χ2v) is 3.99. The zero-order valence-corrected chi connectivity index (χ0v) is 9.24. The Balaban J connectivity index is 1.86. The van der Waals surface area contributed by atoms with Crippen molar-refractivity contribution >= 4 is 5.91 Å². The fourth-order valence-corrected chi connectivity index (χ4v) is 1.70. The maximum absolute atomic E-state index is 13.3. The minimum absolute atomic E-state index is 0.179. The van der Waals surface area contributed by atoms with E-state index in [0.29, 0.717) is 12.0 Å². The number of hydrogen-bond acceptors (Lipinski definition) is 4. The van der Waals surface area contributed by atoms with Gasteiger partial charge in [-0.25, -0.2) is 15.2 Å². The molecule has 17 heavy (non-hydrogen) atoms. The SMILES string of the molecule is NC1CC(C(=O)NCc2ccccc2F)NN1. The molecule has 5 nitrogen and oxygen atoms in total. The first kappa shape index (κ1) is 12.0. The van der Waals surface area contributed by atoms with Crippen LogP contribution in [0.3, 0.4) is 0 Å². The minimum atomic E-state index is -0.364. The Hall–Kier alpha value is -1.50. The molecule has 0 aliphatic carbocycles. The summed E-state index contributed by atoms with van der Waals surface area (Å²) in [6.07, 6.45) is 0.294. The molecule has 0 saturated carbocycles. The van der Waals surface area contributed by atoms with Crippen LogP contribution in [0.1, 0.15) is 12.0 Å². The Morgan fingerprint density at radius 1 is 1.47 bits per heavy atom. The molecule has 0 bridgehead atoms. The number of nitrogens with two attached hydrogens (primary N) is 1. The van der Waals surface area contributed by atoms with Gasteiger partial charge in [-0.05, 0) is 6.07 Å². The smallest absolute Gasteiger partial charge is 0.238 e. The number of hydrogen-bond donors (Lipinski definition) is 4. The second kappa shape index (κ2) is 5.22. The van der Waals surface area contributed by atoms with Crippen molar-refractivity contribution in [2.45, 2.75) is 25.2 Å². The molecule has 2 rings (SSSR count). The van der Waals surface area contributed by atoms with Gasteiger partial charge >= 0.3 is 0 Å².